The number of allylic oxidation sites excluding steroid dienone is 2. The summed E-state index contributed by atoms with van der Waals surface area (Å²) in [6.45, 7) is 5.42. The van der Waals surface area contributed by atoms with Gasteiger partial charge in [-0.15, -0.1) is 0 Å². The van der Waals surface area contributed by atoms with Crippen LogP contribution in [-0.4, -0.2) is 19.1 Å². The molecule has 0 aromatic heterocycles. The fraction of sp³-hybridized carbons (Fsp3) is 0.375. The van der Waals surface area contributed by atoms with Gasteiger partial charge in [-0.05, 0) is 55.0 Å². The number of fused-ring (bicyclic) bond motifs is 3. The van der Waals surface area contributed by atoms with Gasteiger partial charge in [-0.1, -0.05) is 43.3 Å². The summed E-state index contributed by atoms with van der Waals surface area (Å²) in [7, 11) is 0. The first-order valence-corrected chi connectivity index (χ1v) is 10.3. The molecule has 0 fully saturated rings. The highest BCUT2D eigenvalue weighted by molar-refractivity contribution is 6.00. The Hall–Kier alpha value is -2.75. The minimum atomic E-state index is -0.00271. The standard InChI is InChI=1S/C24H28N2O2/c1-3-15-25-24(27)21-10-6-9-20-18-7-5-8-19(18)22(26-23(20)21)16-11-13-17(14-12-16)28-4-2/h5-7,9-14,18-19,22,26H,3-4,8,15H2,1-2H3,(H,25,27). The number of hydrogen-bond acceptors (Lipinski definition) is 3. The molecule has 28 heavy (non-hydrogen) atoms. The van der Waals surface area contributed by atoms with Crippen molar-refractivity contribution in [2.24, 2.45) is 5.92 Å². The molecule has 2 aromatic carbocycles. The lowest BCUT2D eigenvalue weighted by Gasteiger charge is -2.38. The summed E-state index contributed by atoms with van der Waals surface area (Å²) in [5.74, 6) is 1.69. The van der Waals surface area contributed by atoms with Gasteiger partial charge in [-0.2, -0.15) is 0 Å². The van der Waals surface area contributed by atoms with E-state index in [1.165, 1.54) is 11.1 Å². The van der Waals surface area contributed by atoms with Crippen molar-refractivity contribution in [3.63, 3.8) is 0 Å². The minimum absolute atomic E-state index is 0.00271. The highest BCUT2D eigenvalue weighted by Crippen LogP contribution is 2.50. The van der Waals surface area contributed by atoms with E-state index in [2.05, 4.69) is 47.9 Å². The van der Waals surface area contributed by atoms with Gasteiger partial charge in [0, 0.05) is 12.5 Å². The molecule has 3 atom stereocenters. The van der Waals surface area contributed by atoms with E-state index < -0.39 is 0 Å². The Morgan fingerprint density at radius 2 is 2.00 bits per heavy atom. The van der Waals surface area contributed by atoms with Crippen LogP contribution in [-0.2, 0) is 0 Å². The molecule has 0 saturated heterocycles. The molecule has 1 aliphatic heterocycles. The van der Waals surface area contributed by atoms with Crippen molar-refractivity contribution in [2.45, 2.75) is 38.6 Å². The molecule has 4 rings (SSSR count). The molecule has 3 unspecified atom stereocenters. The number of carbonyl (C=O) groups is 1. The molecular formula is C24H28N2O2. The summed E-state index contributed by atoms with van der Waals surface area (Å²) in [5.41, 5.74) is 4.17. The van der Waals surface area contributed by atoms with Crippen LogP contribution in [0.2, 0.25) is 0 Å². The van der Waals surface area contributed by atoms with E-state index in [-0.39, 0.29) is 11.9 Å². The fourth-order valence-electron chi connectivity index (χ4n) is 4.41. The van der Waals surface area contributed by atoms with Gasteiger partial charge >= 0.3 is 0 Å². The van der Waals surface area contributed by atoms with Crippen molar-refractivity contribution in [2.75, 3.05) is 18.5 Å². The lowest BCUT2D eigenvalue weighted by atomic mass is 9.76. The molecule has 4 heteroatoms. The molecule has 1 aliphatic carbocycles. The second-order valence-electron chi connectivity index (χ2n) is 7.50. The van der Waals surface area contributed by atoms with E-state index in [0.717, 1.165) is 29.8 Å². The molecule has 1 heterocycles. The van der Waals surface area contributed by atoms with Crippen LogP contribution in [0.25, 0.3) is 0 Å². The number of ether oxygens (including phenoxy) is 1. The predicted molar refractivity (Wildman–Crippen MR) is 113 cm³/mol. The molecule has 4 nitrogen and oxygen atoms in total. The van der Waals surface area contributed by atoms with Crippen molar-refractivity contribution < 1.29 is 9.53 Å². The highest BCUT2D eigenvalue weighted by Gasteiger charge is 2.39. The number of benzene rings is 2. The number of amides is 1. The van der Waals surface area contributed by atoms with Gasteiger partial charge in [-0.3, -0.25) is 4.79 Å². The van der Waals surface area contributed by atoms with Gasteiger partial charge in [0.15, 0.2) is 0 Å². The number of carbonyl (C=O) groups excluding carboxylic acids is 1. The van der Waals surface area contributed by atoms with E-state index in [9.17, 15) is 4.79 Å². The SMILES string of the molecule is CCCNC(=O)c1cccc2c1NC(c1ccc(OCC)cc1)C1CC=CC21. The lowest BCUT2D eigenvalue weighted by Crippen LogP contribution is -2.32. The molecule has 0 radical (unpaired) electrons. The number of anilines is 1. The average molecular weight is 377 g/mol. The van der Waals surface area contributed by atoms with Gasteiger partial charge in [0.2, 0.25) is 0 Å². The molecule has 146 valence electrons. The summed E-state index contributed by atoms with van der Waals surface area (Å²) < 4.78 is 5.59. The van der Waals surface area contributed by atoms with Crippen LogP contribution in [0, 0.1) is 5.92 Å². The Kier molecular flexibility index (Phi) is 5.38. The zero-order chi connectivity index (χ0) is 19.5. The summed E-state index contributed by atoms with van der Waals surface area (Å²) >= 11 is 0. The molecular weight excluding hydrogens is 348 g/mol. The van der Waals surface area contributed by atoms with Crippen LogP contribution >= 0.6 is 0 Å². The molecule has 2 N–H and O–H groups in total. The van der Waals surface area contributed by atoms with Gasteiger partial charge in [0.1, 0.15) is 5.75 Å². The minimum Gasteiger partial charge on any atom is -0.494 e. The molecule has 0 saturated carbocycles. The first kappa shape index (κ1) is 18.6. The van der Waals surface area contributed by atoms with Crippen LogP contribution in [0.3, 0.4) is 0 Å². The van der Waals surface area contributed by atoms with Crippen LogP contribution in [0.4, 0.5) is 5.69 Å². The number of para-hydroxylation sites is 1. The van der Waals surface area contributed by atoms with E-state index in [4.69, 9.17) is 4.74 Å². The summed E-state index contributed by atoms with van der Waals surface area (Å²) in [6.07, 6.45) is 6.55. The maximum atomic E-state index is 12.7. The largest absolute Gasteiger partial charge is 0.494 e. The third-order valence-electron chi connectivity index (χ3n) is 5.73. The lowest BCUT2D eigenvalue weighted by molar-refractivity contribution is 0.0954. The smallest absolute Gasteiger partial charge is 0.253 e. The second-order valence-corrected chi connectivity index (χ2v) is 7.50. The maximum absolute atomic E-state index is 12.7. The van der Waals surface area contributed by atoms with Crippen molar-refractivity contribution in [1.82, 2.24) is 5.32 Å². The fourth-order valence-corrected chi connectivity index (χ4v) is 4.41. The average Bonchev–Trinajstić information content (AvgIpc) is 3.22. The third kappa shape index (κ3) is 3.39. The zero-order valence-electron chi connectivity index (χ0n) is 16.6. The number of nitrogens with one attached hydrogen (secondary N) is 2. The first-order chi connectivity index (χ1) is 13.7. The zero-order valence-corrected chi connectivity index (χ0v) is 16.6. The van der Waals surface area contributed by atoms with E-state index in [0.29, 0.717) is 25.0 Å². The Bertz CT molecular complexity index is 873. The normalized spacial score (nSPS) is 22.1. The predicted octanol–water partition coefficient (Wildman–Crippen LogP) is 5.05. The maximum Gasteiger partial charge on any atom is 0.253 e. The topological polar surface area (TPSA) is 50.4 Å². The van der Waals surface area contributed by atoms with Crippen LogP contribution in [0.1, 0.15) is 60.1 Å². The number of hydrogen-bond donors (Lipinski definition) is 2. The van der Waals surface area contributed by atoms with Crippen LogP contribution in [0.15, 0.2) is 54.6 Å². The molecule has 2 aromatic rings. The van der Waals surface area contributed by atoms with Gasteiger partial charge in [0.25, 0.3) is 5.91 Å². The van der Waals surface area contributed by atoms with Crippen molar-refractivity contribution in [1.29, 1.82) is 0 Å². The quantitative estimate of drug-likeness (QED) is 0.694. The molecule has 2 aliphatic rings. The second kappa shape index (κ2) is 8.09. The Labute approximate surface area is 167 Å². The van der Waals surface area contributed by atoms with Gasteiger partial charge in [-0.25, -0.2) is 0 Å². The molecule has 0 spiro atoms. The summed E-state index contributed by atoms with van der Waals surface area (Å²) in [5, 5.41) is 6.74. The Balaban J connectivity index is 1.69. The molecule has 0 bridgehead atoms. The monoisotopic (exact) mass is 376 g/mol. The third-order valence-corrected chi connectivity index (χ3v) is 5.73. The van der Waals surface area contributed by atoms with Crippen molar-refractivity contribution in [3.8, 4) is 5.75 Å². The molecule has 1 amide bonds. The van der Waals surface area contributed by atoms with E-state index >= 15 is 0 Å². The van der Waals surface area contributed by atoms with Crippen LogP contribution in [0.5, 0.6) is 5.75 Å². The Morgan fingerprint density at radius 3 is 2.75 bits per heavy atom. The van der Waals surface area contributed by atoms with Crippen LogP contribution < -0.4 is 15.4 Å². The van der Waals surface area contributed by atoms with Gasteiger partial charge in [0.05, 0.1) is 23.9 Å². The summed E-state index contributed by atoms with van der Waals surface area (Å²) in [6, 6.07) is 14.6. The Morgan fingerprint density at radius 1 is 1.18 bits per heavy atom. The summed E-state index contributed by atoms with van der Waals surface area (Å²) in [4.78, 5) is 12.7. The van der Waals surface area contributed by atoms with E-state index in [1.54, 1.807) is 0 Å². The van der Waals surface area contributed by atoms with Crippen molar-refractivity contribution >= 4 is 11.6 Å². The first-order valence-electron chi connectivity index (χ1n) is 10.3. The highest BCUT2D eigenvalue weighted by atomic mass is 16.5. The van der Waals surface area contributed by atoms with E-state index in [1.807, 2.05) is 31.2 Å². The van der Waals surface area contributed by atoms with Crippen molar-refractivity contribution in [3.05, 3.63) is 71.3 Å². The number of rotatable bonds is 6. The van der Waals surface area contributed by atoms with Gasteiger partial charge < -0.3 is 15.4 Å².